The van der Waals surface area contributed by atoms with Gasteiger partial charge in [0.25, 0.3) is 0 Å². The SMILES string of the molecule is Cc1ccsc1CNC(=O)C1(c2ccc(N)cc2)CC1. The molecule has 0 radical (unpaired) electrons. The van der Waals surface area contributed by atoms with Gasteiger partial charge in [-0.25, -0.2) is 0 Å². The standard InChI is InChI=1S/C16H18N2OS/c1-11-6-9-20-14(11)10-18-15(19)16(7-8-16)12-2-4-13(17)5-3-12/h2-6,9H,7-8,10,17H2,1H3,(H,18,19). The predicted octanol–water partition coefficient (Wildman–Crippen LogP) is 2.99. The first-order valence-corrected chi connectivity index (χ1v) is 7.67. The molecule has 104 valence electrons. The van der Waals surface area contributed by atoms with E-state index in [-0.39, 0.29) is 11.3 Å². The molecule has 3 rings (SSSR count). The van der Waals surface area contributed by atoms with E-state index in [2.05, 4.69) is 23.7 Å². The van der Waals surface area contributed by atoms with E-state index >= 15 is 0 Å². The summed E-state index contributed by atoms with van der Waals surface area (Å²) in [5.74, 6) is 0.134. The van der Waals surface area contributed by atoms with E-state index in [0.717, 1.165) is 24.1 Å². The van der Waals surface area contributed by atoms with Crippen LogP contribution in [0.4, 0.5) is 5.69 Å². The highest BCUT2D eigenvalue weighted by molar-refractivity contribution is 7.10. The molecule has 1 aliphatic rings. The molecule has 4 heteroatoms. The van der Waals surface area contributed by atoms with E-state index in [1.54, 1.807) is 11.3 Å². The van der Waals surface area contributed by atoms with E-state index in [1.807, 2.05) is 24.3 Å². The van der Waals surface area contributed by atoms with Crippen LogP contribution in [0.25, 0.3) is 0 Å². The monoisotopic (exact) mass is 286 g/mol. The van der Waals surface area contributed by atoms with Crippen molar-refractivity contribution in [2.75, 3.05) is 5.73 Å². The van der Waals surface area contributed by atoms with Crippen molar-refractivity contribution in [2.24, 2.45) is 0 Å². The molecule has 3 N–H and O–H groups in total. The number of amides is 1. The maximum Gasteiger partial charge on any atom is 0.230 e. The number of aryl methyl sites for hydroxylation is 1. The Morgan fingerprint density at radius 3 is 2.55 bits per heavy atom. The fourth-order valence-corrected chi connectivity index (χ4v) is 3.33. The Morgan fingerprint density at radius 1 is 1.30 bits per heavy atom. The van der Waals surface area contributed by atoms with E-state index in [1.165, 1.54) is 10.4 Å². The number of hydrogen-bond donors (Lipinski definition) is 2. The van der Waals surface area contributed by atoms with Crippen molar-refractivity contribution in [3.63, 3.8) is 0 Å². The zero-order valence-electron chi connectivity index (χ0n) is 11.5. The highest BCUT2D eigenvalue weighted by atomic mass is 32.1. The molecule has 1 saturated carbocycles. The average Bonchev–Trinajstić information content (AvgIpc) is 3.15. The molecule has 0 aliphatic heterocycles. The fraction of sp³-hybridized carbons (Fsp3) is 0.312. The van der Waals surface area contributed by atoms with Gasteiger partial charge in [0, 0.05) is 10.6 Å². The topological polar surface area (TPSA) is 55.1 Å². The summed E-state index contributed by atoms with van der Waals surface area (Å²) in [6, 6.07) is 9.76. The highest BCUT2D eigenvalue weighted by Gasteiger charge is 2.51. The van der Waals surface area contributed by atoms with E-state index < -0.39 is 0 Å². The van der Waals surface area contributed by atoms with Crippen molar-refractivity contribution in [2.45, 2.75) is 31.7 Å². The number of thiophene rings is 1. The largest absolute Gasteiger partial charge is 0.399 e. The quantitative estimate of drug-likeness (QED) is 0.849. The number of anilines is 1. The van der Waals surface area contributed by atoms with E-state index in [9.17, 15) is 4.79 Å². The average molecular weight is 286 g/mol. The van der Waals surface area contributed by atoms with E-state index in [4.69, 9.17) is 5.73 Å². The first-order chi connectivity index (χ1) is 9.62. The smallest absolute Gasteiger partial charge is 0.230 e. The van der Waals surface area contributed by atoms with Crippen molar-refractivity contribution < 1.29 is 4.79 Å². The van der Waals surface area contributed by atoms with Gasteiger partial charge in [0.1, 0.15) is 0 Å². The number of nitrogen functional groups attached to an aromatic ring is 1. The molecular formula is C16H18N2OS. The van der Waals surface area contributed by atoms with Gasteiger partial charge in [-0.05, 0) is 54.5 Å². The molecule has 1 aromatic carbocycles. The summed E-state index contributed by atoms with van der Waals surface area (Å²) in [6.45, 7) is 2.70. The number of benzene rings is 1. The minimum absolute atomic E-state index is 0.134. The summed E-state index contributed by atoms with van der Waals surface area (Å²) in [7, 11) is 0. The van der Waals surface area contributed by atoms with Crippen LogP contribution in [0.5, 0.6) is 0 Å². The molecule has 0 spiro atoms. The van der Waals surface area contributed by atoms with Crippen LogP contribution in [0.1, 0.15) is 28.8 Å². The van der Waals surface area contributed by atoms with Crippen LogP contribution < -0.4 is 11.1 Å². The second-order valence-electron chi connectivity index (χ2n) is 5.41. The molecule has 2 aromatic rings. The Hall–Kier alpha value is -1.81. The van der Waals surface area contributed by atoms with Crippen molar-refractivity contribution in [3.05, 3.63) is 51.7 Å². The lowest BCUT2D eigenvalue weighted by molar-refractivity contribution is -0.123. The lowest BCUT2D eigenvalue weighted by Gasteiger charge is -2.16. The molecule has 20 heavy (non-hydrogen) atoms. The van der Waals surface area contributed by atoms with Crippen LogP contribution >= 0.6 is 11.3 Å². The Labute approximate surface area is 122 Å². The number of hydrogen-bond acceptors (Lipinski definition) is 3. The third kappa shape index (κ3) is 2.31. The molecule has 0 unspecified atom stereocenters. The zero-order chi connectivity index (χ0) is 14.2. The molecule has 0 bridgehead atoms. The van der Waals surface area contributed by atoms with Gasteiger partial charge in [-0.2, -0.15) is 0 Å². The summed E-state index contributed by atoms with van der Waals surface area (Å²) in [4.78, 5) is 13.7. The normalized spacial score (nSPS) is 15.8. The third-order valence-corrected chi connectivity index (χ3v) is 5.05. The zero-order valence-corrected chi connectivity index (χ0v) is 12.3. The molecule has 0 saturated heterocycles. The van der Waals surface area contributed by atoms with Crippen molar-refractivity contribution in [1.82, 2.24) is 5.32 Å². The maximum atomic E-state index is 12.5. The minimum Gasteiger partial charge on any atom is -0.399 e. The van der Waals surface area contributed by atoms with Gasteiger partial charge in [-0.1, -0.05) is 12.1 Å². The second kappa shape index (κ2) is 4.94. The summed E-state index contributed by atoms with van der Waals surface area (Å²) >= 11 is 1.69. The third-order valence-electron chi connectivity index (χ3n) is 4.03. The Bertz CT molecular complexity index is 626. The lowest BCUT2D eigenvalue weighted by Crippen LogP contribution is -2.34. The van der Waals surface area contributed by atoms with Crippen molar-refractivity contribution in [3.8, 4) is 0 Å². The molecule has 1 aromatic heterocycles. The summed E-state index contributed by atoms with van der Waals surface area (Å²) < 4.78 is 0. The number of nitrogens with two attached hydrogens (primary N) is 1. The van der Waals surface area contributed by atoms with Gasteiger partial charge >= 0.3 is 0 Å². The molecule has 1 aliphatic carbocycles. The lowest BCUT2D eigenvalue weighted by atomic mass is 9.95. The number of nitrogens with one attached hydrogen (secondary N) is 1. The second-order valence-corrected chi connectivity index (χ2v) is 6.41. The van der Waals surface area contributed by atoms with Gasteiger partial charge in [0.15, 0.2) is 0 Å². The first-order valence-electron chi connectivity index (χ1n) is 6.79. The minimum atomic E-state index is -0.321. The molecular weight excluding hydrogens is 268 g/mol. The Balaban J connectivity index is 1.70. The molecule has 1 fully saturated rings. The summed E-state index contributed by atoms with van der Waals surface area (Å²) in [5.41, 5.74) is 8.44. The molecule has 1 amide bonds. The van der Waals surface area contributed by atoms with Gasteiger partial charge in [0.05, 0.1) is 12.0 Å². The first kappa shape index (κ1) is 13.2. The number of rotatable bonds is 4. The maximum absolute atomic E-state index is 12.5. The van der Waals surface area contributed by atoms with E-state index in [0.29, 0.717) is 6.54 Å². The van der Waals surface area contributed by atoms with Crippen molar-refractivity contribution >= 4 is 22.9 Å². The van der Waals surface area contributed by atoms with Crippen LogP contribution in [0, 0.1) is 6.92 Å². The Kier molecular flexibility index (Phi) is 3.26. The van der Waals surface area contributed by atoms with Crippen LogP contribution in [0.3, 0.4) is 0 Å². The van der Waals surface area contributed by atoms with Crippen LogP contribution in [-0.4, -0.2) is 5.91 Å². The molecule has 0 atom stereocenters. The number of carbonyl (C=O) groups is 1. The molecule has 3 nitrogen and oxygen atoms in total. The van der Waals surface area contributed by atoms with Gasteiger partial charge in [-0.3, -0.25) is 4.79 Å². The van der Waals surface area contributed by atoms with Crippen LogP contribution in [0.2, 0.25) is 0 Å². The van der Waals surface area contributed by atoms with Crippen LogP contribution in [0.15, 0.2) is 35.7 Å². The van der Waals surface area contributed by atoms with Crippen LogP contribution in [-0.2, 0) is 16.8 Å². The summed E-state index contributed by atoms with van der Waals surface area (Å²) in [5, 5.41) is 5.14. The van der Waals surface area contributed by atoms with Gasteiger partial charge < -0.3 is 11.1 Å². The fourth-order valence-electron chi connectivity index (χ4n) is 2.49. The Morgan fingerprint density at radius 2 is 2.00 bits per heavy atom. The summed E-state index contributed by atoms with van der Waals surface area (Å²) in [6.07, 6.45) is 1.85. The van der Waals surface area contributed by atoms with Gasteiger partial charge in [-0.15, -0.1) is 11.3 Å². The van der Waals surface area contributed by atoms with Gasteiger partial charge in [0.2, 0.25) is 5.91 Å². The number of carbonyl (C=O) groups excluding carboxylic acids is 1. The highest BCUT2D eigenvalue weighted by Crippen LogP contribution is 2.48. The van der Waals surface area contributed by atoms with Crippen molar-refractivity contribution in [1.29, 1.82) is 0 Å². The molecule has 1 heterocycles. The predicted molar refractivity (Wildman–Crippen MR) is 82.7 cm³/mol.